The van der Waals surface area contributed by atoms with Gasteiger partial charge in [-0.05, 0) is 24.6 Å². The fourth-order valence-corrected chi connectivity index (χ4v) is 5.30. The van der Waals surface area contributed by atoms with E-state index in [-0.39, 0.29) is 23.8 Å². The quantitative estimate of drug-likeness (QED) is 0.266. The third-order valence-corrected chi connectivity index (χ3v) is 11.6. The van der Waals surface area contributed by atoms with Gasteiger partial charge < -0.3 is 28.2 Å². The number of rotatable bonds is 10. The van der Waals surface area contributed by atoms with Crippen molar-refractivity contribution in [2.24, 2.45) is 5.41 Å². The molecule has 1 fully saturated rings. The van der Waals surface area contributed by atoms with Crippen molar-refractivity contribution in [2.45, 2.75) is 109 Å². The van der Waals surface area contributed by atoms with Crippen molar-refractivity contribution < 1.29 is 37.8 Å². The maximum atomic E-state index is 12.1. The van der Waals surface area contributed by atoms with E-state index in [0.29, 0.717) is 12.8 Å². The van der Waals surface area contributed by atoms with Gasteiger partial charge in [-0.15, -0.1) is 0 Å². The van der Waals surface area contributed by atoms with Gasteiger partial charge in [-0.2, -0.15) is 0 Å². The van der Waals surface area contributed by atoms with E-state index in [2.05, 4.69) is 33.9 Å². The molecule has 0 saturated carbocycles. The van der Waals surface area contributed by atoms with Gasteiger partial charge in [0.2, 0.25) is 0 Å². The van der Waals surface area contributed by atoms with Gasteiger partial charge in [-0.1, -0.05) is 34.6 Å². The van der Waals surface area contributed by atoms with Crippen molar-refractivity contribution in [1.29, 1.82) is 0 Å². The van der Waals surface area contributed by atoms with Gasteiger partial charge in [0.15, 0.2) is 14.1 Å². The summed E-state index contributed by atoms with van der Waals surface area (Å²) in [5.74, 6) is -2.05. The average Bonchev–Trinajstić information content (AvgIpc) is 2.63. The molecule has 8 nitrogen and oxygen atoms in total. The molecule has 0 bridgehead atoms. The van der Waals surface area contributed by atoms with Crippen LogP contribution in [0.4, 0.5) is 0 Å². The van der Waals surface area contributed by atoms with Crippen molar-refractivity contribution in [3.05, 3.63) is 0 Å². The molecule has 1 aliphatic heterocycles. The predicted octanol–water partition coefficient (Wildman–Crippen LogP) is 4.01. The molecule has 32 heavy (non-hydrogen) atoms. The van der Waals surface area contributed by atoms with Crippen molar-refractivity contribution >= 4 is 26.5 Å². The monoisotopic (exact) mass is 474 g/mol. The van der Waals surface area contributed by atoms with E-state index in [4.69, 9.17) is 23.4 Å². The molecule has 1 rings (SSSR count). The van der Waals surface area contributed by atoms with Crippen LogP contribution in [0.15, 0.2) is 0 Å². The Kier molecular flexibility index (Phi) is 9.66. The number of carbonyl (C=O) groups excluding carboxylic acids is 3. The lowest BCUT2D eigenvalue weighted by Gasteiger charge is -2.54. The van der Waals surface area contributed by atoms with Gasteiger partial charge in [-0.3, -0.25) is 9.59 Å². The maximum absolute atomic E-state index is 12.1. The Morgan fingerprint density at radius 3 is 2.25 bits per heavy atom. The number of hydrogen-bond donors (Lipinski definition) is 0. The summed E-state index contributed by atoms with van der Waals surface area (Å²) in [6, 6.07) is 0. The molecule has 0 aromatic heterocycles. The third-order valence-electron chi connectivity index (χ3n) is 7.03. The molecular weight excluding hydrogens is 432 g/mol. The molecular formula is C23H42O8Si. The first-order valence-corrected chi connectivity index (χ1v) is 14.0. The maximum Gasteiger partial charge on any atom is 0.308 e. The molecule has 186 valence electrons. The van der Waals surface area contributed by atoms with E-state index in [1.807, 2.05) is 13.8 Å². The summed E-state index contributed by atoms with van der Waals surface area (Å²) in [5, 5.41) is -0.0507. The average molecular weight is 475 g/mol. The van der Waals surface area contributed by atoms with Crippen LogP contribution in [0.25, 0.3) is 0 Å². The van der Waals surface area contributed by atoms with Crippen LogP contribution >= 0.6 is 0 Å². The van der Waals surface area contributed by atoms with Crippen molar-refractivity contribution in [3.8, 4) is 0 Å². The van der Waals surface area contributed by atoms with Crippen LogP contribution in [0.3, 0.4) is 0 Å². The molecule has 0 aliphatic carbocycles. The van der Waals surface area contributed by atoms with Crippen molar-refractivity contribution in [2.75, 3.05) is 14.2 Å². The molecule has 1 aliphatic rings. The Hall–Kier alpha value is -1.29. The highest BCUT2D eigenvalue weighted by atomic mass is 28.4. The van der Waals surface area contributed by atoms with Gasteiger partial charge in [0, 0.05) is 20.5 Å². The zero-order valence-corrected chi connectivity index (χ0v) is 22.4. The van der Waals surface area contributed by atoms with E-state index in [1.54, 1.807) is 0 Å². The Morgan fingerprint density at radius 2 is 1.81 bits per heavy atom. The molecule has 0 amide bonds. The first-order valence-electron chi connectivity index (χ1n) is 11.1. The molecule has 1 heterocycles. The number of carbonyl (C=O) groups is 3. The summed E-state index contributed by atoms with van der Waals surface area (Å²) in [5.41, 5.74) is -0.775. The summed E-state index contributed by atoms with van der Waals surface area (Å²) < 4.78 is 29.2. The highest BCUT2D eigenvalue weighted by Crippen LogP contribution is 2.49. The number of aldehydes is 1. The first-order chi connectivity index (χ1) is 14.5. The van der Waals surface area contributed by atoms with Crippen LogP contribution in [0.2, 0.25) is 18.1 Å². The van der Waals surface area contributed by atoms with E-state index in [0.717, 1.165) is 6.29 Å². The predicted molar refractivity (Wildman–Crippen MR) is 123 cm³/mol. The Morgan fingerprint density at radius 1 is 1.22 bits per heavy atom. The summed E-state index contributed by atoms with van der Waals surface area (Å²) in [6.07, 6.45) is 0.147. The molecule has 9 heteroatoms. The Bertz CT molecular complexity index is 669. The normalized spacial score (nSPS) is 26.8. The van der Waals surface area contributed by atoms with Crippen LogP contribution < -0.4 is 0 Å². The number of esters is 2. The van der Waals surface area contributed by atoms with E-state index >= 15 is 0 Å². The Labute approximate surface area is 193 Å². The highest BCUT2D eigenvalue weighted by Gasteiger charge is 2.58. The topological polar surface area (TPSA) is 97.4 Å². The largest absolute Gasteiger partial charge is 0.469 e. The number of methoxy groups -OCH3 is 2. The minimum Gasteiger partial charge on any atom is -0.469 e. The zero-order chi connectivity index (χ0) is 25.0. The lowest BCUT2D eigenvalue weighted by molar-refractivity contribution is -0.346. The van der Waals surface area contributed by atoms with Crippen LogP contribution in [0, 0.1) is 5.41 Å². The summed E-state index contributed by atoms with van der Waals surface area (Å²) in [7, 11) is 0.633. The molecule has 0 unspecified atom stereocenters. The lowest BCUT2D eigenvalue weighted by Crippen LogP contribution is -2.62. The fourth-order valence-electron chi connectivity index (χ4n) is 3.93. The molecule has 1 saturated heterocycles. The zero-order valence-electron chi connectivity index (χ0n) is 21.4. The SMILES string of the molecule is COC(=O)C[C@@H](C[C@@H]1C[C@H](OC(C)=O)C(C)(C)[C@@](CC=O)(OC)O1)O[Si](C)(C)C(C)(C)C. The minimum atomic E-state index is -2.20. The molecule has 0 radical (unpaired) electrons. The highest BCUT2D eigenvalue weighted by molar-refractivity contribution is 6.74. The first kappa shape index (κ1) is 28.7. The second kappa shape index (κ2) is 10.8. The summed E-state index contributed by atoms with van der Waals surface area (Å²) >= 11 is 0. The van der Waals surface area contributed by atoms with Gasteiger partial charge in [0.25, 0.3) is 0 Å². The van der Waals surface area contributed by atoms with Crippen LogP contribution in [-0.2, 0) is 37.8 Å². The van der Waals surface area contributed by atoms with Crippen LogP contribution in [-0.4, -0.2) is 64.9 Å². The smallest absolute Gasteiger partial charge is 0.308 e. The van der Waals surface area contributed by atoms with Gasteiger partial charge in [0.1, 0.15) is 12.4 Å². The second-order valence-corrected chi connectivity index (χ2v) is 15.4. The fraction of sp³-hybridized carbons (Fsp3) is 0.870. The molecule has 0 spiro atoms. The summed E-state index contributed by atoms with van der Waals surface area (Å²) in [4.78, 5) is 35.5. The lowest BCUT2D eigenvalue weighted by atomic mass is 9.71. The molecule has 0 aromatic carbocycles. The second-order valence-electron chi connectivity index (χ2n) is 10.6. The van der Waals surface area contributed by atoms with Gasteiger partial charge in [-0.25, -0.2) is 0 Å². The van der Waals surface area contributed by atoms with Crippen LogP contribution in [0.1, 0.15) is 67.2 Å². The summed E-state index contributed by atoms with van der Waals surface area (Å²) in [6.45, 7) is 15.7. The number of hydrogen-bond acceptors (Lipinski definition) is 8. The third kappa shape index (κ3) is 6.62. The molecule has 0 N–H and O–H groups in total. The van der Waals surface area contributed by atoms with Gasteiger partial charge >= 0.3 is 11.9 Å². The standard InChI is InChI=1S/C23H42O8Si/c1-16(25)29-19-14-17(30-23(28-8,11-12-24)22(19,5)6)13-18(15-20(26)27-7)31-32(9,10)21(2,3)4/h12,17-19H,11,13-15H2,1-10H3/t17-,18-,19+,23+/m1/s1. The molecule has 4 atom stereocenters. The van der Waals surface area contributed by atoms with Crippen LogP contribution in [0.5, 0.6) is 0 Å². The van der Waals surface area contributed by atoms with Gasteiger partial charge in [0.05, 0.1) is 37.6 Å². The van der Waals surface area contributed by atoms with E-state index in [1.165, 1.54) is 21.1 Å². The van der Waals surface area contributed by atoms with Crippen molar-refractivity contribution in [1.82, 2.24) is 0 Å². The van der Waals surface area contributed by atoms with E-state index in [9.17, 15) is 14.4 Å². The van der Waals surface area contributed by atoms with Crippen molar-refractivity contribution in [3.63, 3.8) is 0 Å². The number of ether oxygens (including phenoxy) is 4. The Balaban J connectivity index is 3.27. The molecule has 0 aromatic rings. The van der Waals surface area contributed by atoms with E-state index < -0.39 is 43.8 Å². The minimum absolute atomic E-state index is 0.0183.